The van der Waals surface area contributed by atoms with E-state index in [-0.39, 0.29) is 23.5 Å². The maximum atomic E-state index is 15.1. The summed E-state index contributed by atoms with van der Waals surface area (Å²) >= 11 is 0. The SMILES string of the molecule is COc1cc([C@@H](C)NCC2CC(c3ccc(F)c(C(=O)O)c3F)c3ccccc3O2)ccc1F. The number of halogens is 3. The molecule has 0 bridgehead atoms. The topological polar surface area (TPSA) is 67.8 Å². The molecule has 5 nitrogen and oxygen atoms in total. The third-order valence-corrected chi connectivity index (χ3v) is 6.12. The number of carboxylic acids is 1. The average Bonchev–Trinajstić information content (AvgIpc) is 2.82. The molecule has 1 heterocycles. The van der Waals surface area contributed by atoms with Crippen molar-refractivity contribution in [3.05, 3.63) is 94.3 Å². The fourth-order valence-corrected chi connectivity index (χ4v) is 4.32. The van der Waals surface area contributed by atoms with Crippen molar-refractivity contribution in [1.82, 2.24) is 5.32 Å². The van der Waals surface area contributed by atoms with E-state index in [9.17, 15) is 18.7 Å². The third kappa shape index (κ3) is 4.59. The quantitative estimate of drug-likeness (QED) is 0.480. The zero-order valence-corrected chi connectivity index (χ0v) is 18.6. The highest BCUT2D eigenvalue weighted by molar-refractivity contribution is 5.88. The molecule has 3 aromatic carbocycles. The summed E-state index contributed by atoms with van der Waals surface area (Å²) in [6.45, 7) is 2.31. The van der Waals surface area contributed by atoms with Gasteiger partial charge in [0.05, 0.1) is 7.11 Å². The molecule has 4 rings (SSSR count). The zero-order chi connectivity index (χ0) is 24.4. The maximum Gasteiger partial charge on any atom is 0.341 e. The molecule has 0 fully saturated rings. The fourth-order valence-electron chi connectivity index (χ4n) is 4.32. The highest BCUT2D eigenvalue weighted by Crippen LogP contribution is 2.42. The number of aromatic carboxylic acids is 1. The van der Waals surface area contributed by atoms with Crippen LogP contribution in [0.2, 0.25) is 0 Å². The highest BCUT2D eigenvalue weighted by Gasteiger charge is 2.33. The van der Waals surface area contributed by atoms with Gasteiger partial charge in [-0.05, 0) is 48.7 Å². The molecule has 0 amide bonds. The van der Waals surface area contributed by atoms with Crippen molar-refractivity contribution in [3.8, 4) is 11.5 Å². The monoisotopic (exact) mass is 471 g/mol. The first-order valence-electron chi connectivity index (χ1n) is 10.8. The van der Waals surface area contributed by atoms with Crippen LogP contribution in [-0.2, 0) is 0 Å². The molecule has 34 heavy (non-hydrogen) atoms. The highest BCUT2D eigenvalue weighted by atomic mass is 19.1. The van der Waals surface area contributed by atoms with Gasteiger partial charge in [-0.25, -0.2) is 18.0 Å². The van der Waals surface area contributed by atoms with Crippen LogP contribution in [0.5, 0.6) is 11.5 Å². The van der Waals surface area contributed by atoms with E-state index in [2.05, 4.69) is 5.32 Å². The molecule has 0 aromatic heterocycles. The summed E-state index contributed by atoms with van der Waals surface area (Å²) in [6.07, 6.45) is -0.0205. The average molecular weight is 471 g/mol. The Morgan fingerprint density at radius 3 is 2.59 bits per heavy atom. The molecular weight excluding hydrogens is 447 g/mol. The Morgan fingerprint density at radius 2 is 1.85 bits per heavy atom. The Kier molecular flexibility index (Phi) is 6.79. The van der Waals surface area contributed by atoms with Crippen LogP contribution in [0.25, 0.3) is 0 Å². The number of ether oxygens (including phenoxy) is 2. The Balaban J connectivity index is 1.58. The van der Waals surface area contributed by atoms with Crippen molar-refractivity contribution in [3.63, 3.8) is 0 Å². The van der Waals surface area contributed by atoms with Crippen LogP contribution < -0.4 is 14.8 Å². The summed E-state index contributed by atoms with van der Waals surface area (Å²) in [5, 5.41) is 12.6. The first kappa shape index (κ1) is 23.6. The molecule has 0 aliphatic carbocycles. The standard InChI is InChI=1S/C26H24F3NO4/c1-14(15-7-9-20(27)23(11-15)33-2)30-13-16-12-19(17-5-3-4-6-22(17)34-16)18-8-10-21(28)24(25(18)29)26(31)32/h3-11,14,16,19,30H,12-13H2,1-2H3,(H,31,32)/t14-,16?,19?/m1/s1. The number of carboxylic acid groups (broad SMARTS) is 1. The van der Waals surface area contributed by atoms with Gasteiger partial charge in [-0.15, -0.1) is 0 Å². The molecule has 3 atom stereocenters. The number of nitrogens with one attached hydrogen (secondary N) is 1. The van der Waals surface area contributed by atoms with E-state index in [0.717, 1.165) is 11.6 Å². The Morgan fingerprint density at radius 1 is 1.12 bits per heavy atom. The summed E-state index contributed by atoms with van der Waals surface area (Å²) < 4.78 is 54.0. The number of fused-ring (bicyclic) bond motifs is 1. The van der Waals surface area contributed by atoms with Gasteiger partial charge in [-0.2, -0.15) is 0 Å². The van der Waals surface area contributed by atoms with Crippen LogP contribution in [0.3, 0.4) is 0 Å². The van der Waals surface area contributed by atoms with Gasteiger partial charge in [0.25, 0.3) is 0 Å². The third-order valence-electron chi connectivity index (χ3n) is 6.12. The Labute approximate surface area is 195 Å². The Bertz CT molecular complexity index is 1220. The van der Waals surface area contributed by atoms with Crippen LogP contribution >= 0.6 is 0 Å². The van der Waals surface area contributed by atoms with E-state index in [1.165, 1.54) is 19.2 Å². The van der Waals surface area contributed by atoms with Gasteiger partial charge in [0.1, 0.15) is 29.1 Å². The van der Waals surface area contributed by atoms with Crippen molar-refractivity contribution in [1.29, 1.82) is 0 Å². The summed E-state index contributed by atoms with van der Waals surface area (Å²) in [4.78, 5) is 11.4. The fraction of sp³-hybridized carbons (Fsp3) is 0.269. The van der Waals surface area contributed by atoms with E-state index in [1.54, 1.807) is 36.4 Å². The number of benzene rings is 3. The van der Waals surface area contributed by atoms with Crippen molar-refractivity contribution < 1.29 is 32.5 Å². The Hall–Kier alpha value is -3.52. The molecule has 178 valence electrons. The normalized spacial score (nSPS) is 18.0. The minimum Gasteiger partial charge on any atom is -0.494 e. The van der Waals surface area contributed by atoms with Crippen LogP contribution in [0.4, 0.5) is 13.2 Å². The van der Waals surface area contributed by atoms with Gasteiger partial charge in [-0.3, -0.25) is 0 Å². The van der Waals surface area contributed by atoms with Crippen LogP contribution in [0.1, 0.15) is 52.4 Å². The van der Waals surface area contributed by atoms with Gasteiger partial charge in [0.2, 0.25) is 0 Å². The second-order valence-electron chi connectivity index (χ2n) is 8.22. The summed E-state index contributed by atoms with van der Waals surface area (Å²) in [5.74, 6) is -4.10. The van der Waals surface area contributed by atoms with Gasteiger partial charge in [0.15, 0.2) is 11.6 Å². The second kappa shape index (κ2) is 9.77. The lowest BCUT2D eigenvalue weighted by molar-refractivity contribution is 0.0686. The molecule has 1 aliphatic rings. The smallest absolute Gasteiger partial charge is 0.341 e. The first-order valence-corrected chi connectivity index (χ1v) is 10.8. The first-order chi connectivity index (χ1) is 16.3. The van der Waals surface area contributed by atoms with Gasteiger partial charge in [-0.1, -0.05) is 30.3 Å². The zero-order valence-electron chi connectivity index (χ0n) is 18.6. The predicted octanol–water partition coefficient (Wildman–Crippen LogP) is 5.44. The number of rotatable bonds is 7. The van der Waals surface area contributed by atoms with Crippen molar-refractivity contribution in [2.75, 3.05) is 13.7 Å². The predicted molar refractivity (Wildman–Crippen MR) is 120 cm³/mol. The van der Waals surface area contributed by atoms with Crippen molar-refractivity contribution >= 4 is 5.97 Å². The molecule has 1 aliphatic heterocycles. The number of hydrogen-bond acceptors (Lipinski definition) is 4. The van der Waals surface area contributed by atoms with Crippen LogP contribution in [0, 0.1) is 17.5 Å². The molecular formula is C26H24F3NO4. The van der Waals surface area contributed by atoms with E-state index < -0.39 is 34.9 Å². The van der Waals surface area contributed by atoms with Gasteiger partial charge >= 0.3 is 5.97 Å². The van der Waals surface area contributed by atoms with Crippen molar-refractivity contribution in [2.45, 2.75) is 31.4 Å². The van der Waals surface area contributed by atoms with E-state index in [1.807, 2.05) is 6.92 Å². The lowest BCUT2D eigenvalue weighted by Gasteiger charge is -2.33. The van der Waals surface area contributed by atoms with Crippen LogP contribution in [-0.4, -0.2) is 30.8 Å². The molecule has 0 saturated carbocycles. The lowest BCUT2D eigenvalue weighted by atomic mass is 9.83. The maximum absolute atomic E-state index is 15.1. The van der Waals surface area contributed by atoms with Crippen LogP contribution in [0.15, 0.2) is 54.6 Å². The second-order valence-corrected chi connectivity index (χ2v) is 8.22. The summed E-state index contributed by atoms with van der Waals surface area (Å²) in [6, 6.07) is 13.9. The van der Waals surface area contributed by atoms with E-state index >= 15 is 4.39 Å². The van der Waals surface area contributed by atoms with E-state index in [0.29, 0.717) is 24.3 Å². The molecule has 0 radical (unpaired) electrons. The molecule has 2 unspecified atom stereocenters. The van der Waals surface area contributed by atoms with Crippen molar-refractivity contribution in [2.24, 2.45) is 0 Å². The summed E-state index contributed by atoms with van der Waals surface area (Å²) in [5.41, 5.74) is 0.671. The molecule has 0 spiro atoms. The number of para-hydroxylation sites is 1. The lowest BCUT2D eigenvalue weighted by Crippen LogP contribution is -2.37. The summed E-state index contributed by atoms with van der Waals surface area (Å²) in [7, 11) is 1.40. The molecule has 0 saturated heterocycles. The number of hydrogen-bond donors (Lipinski definition) is 2. The number of carbonyl (C=O) groups is 1. The van der Waals surface area contributed by atoms with Gasteiger partial charge < -0.3 is 19.9 Å². The van der Waals surface area contributed by atoms with E-state index in [4.69, 9.17) is 9.47 Å². The minimum atomic E-state index is -1.65. The largest absolute Gasteiger partial charge is 0.494 e. The molecule has 3 aromatic rings. The number of methoxy groups -OCH3 is 1. The molecule has 2 N–H and O–H groups in total. The van der Waals surface area contributed by atoms with Gasteiger partial charge in [0, 0.05) is 24.1 Å². The molecule has 8 heteroatoms. The minimum absolute atomic E-state index is 0.107.